The highest BCUT2D eigenvalue weighted by molar-refractivity contribution is 4.82. The van der Waals surface area contributed by atoms with E-state index >= 15 is 0 Å². The first-order chi connectivity index (χ1) is 5.91. The van der Waals surface area contributed by atoms with Gasteiger partial charge in [-0.15, -0.1) is 0 Å². The van der Waals surface area contributed by atoms with Crippen LogP contribution >= 0.6 is 0 Å². The average molecular weight is 173 g/mol. The molecule has 0 heterocycles. The van der Waals surface area contributed by atoms with E-state index in [1.807, 2.05) is 0 Å². The molecule has 0 aromatic heterocycles. The molecule has 2 heteroatoms. The first-order valence-electron chi connectivity index (χ1n) is 4.61. The zero-order valence-electron chi connectivity index (χ0n) is 7.89. The second-order valence-corrected chi connectivity index (χ2v) is 2.86. The van der Waals surface area contributed by atoms with E-state index in [1.165, 1.54) is 45.6 Å². The molecule has 0 atom stereocenters. The molecular weight excluding hydrogens is 154 g/mol. The van der Waals surface area contributed by atoms with E-state index in [0.717, 1.165) is 0 Å². The van der Waals surface area contributed by atoms with Crippen LogP contribution in [0.25, 0.3) is 0 Å². The summed E-state index contributed by atoms with van der Waals surface area (Å²) in [5.74, 6) is 0. The molecule has 12 heavy (non-hydrogen) atoms. The van der Waals surface area contributed by atoms with Crippen molar-refractivity contribution in [2.24, 2.45) is 0 Å². The smallest absolute Gasteiger partial charge is 0.187 e. The largest absolute Gasteiger partial charge is 0.354 e. The van der Waals surface area contributed by atoms with Crippen LogP contribution in [0.5, 0.6) is 0 Å². The van der Waals surface area contributed by atoms with Gasteiger partial charge < -0.3 is 4.74 Å². The van der Waals surface area contributed by atoms with Crippen LogP contribution < -0.4 is 0 Å². The monoisotopic (exact) mass is 173 g/mol. The van der Waals surface area contributed by atoms with Crippen LogP contribution in [0.2, 0.25) is 0 Å². The minimum atomic E-state index is -0.681. The topological polar surface area (TPSA) is 9.23 Å². The summed E-state index contributed by atoms with van der Waals surface area (Å²) in [6, 6.07) is 0. The van der Waals surface area contributed by atoms with Gasteiger partial charge in [0.25, 0.3) is 0 Å². The Labute approximate surface area is 74.6 Å². The normalized spacial score (nSPS) is 17.2. The molecule has 0 saturated heterocycles. The number of allylic oxidation sites excluding steroid dienone is 2. The first kappa shape index (κ1) is 11.6. The summed E-state index contributed by atoms with van der Waals surface area (Å²) in [5.41, 5.74) is 0. The average Bonchev–Trinajstić information content (AvgIpc) is 2.04. The Bertz CT molecular complexity index is 90.0. The lowest BCUT2D eigenvalue weighted by Gasteiger charge is -2.00. The summed E-state index contributed by atoms with van der Waals surface area (Å²) in [4.78, 5) is 0. The molecule has 1 aliphatic rings. The molecule has 72 valence electrons. The fourth-order valence-corrected chi connectivity index (χ4v) is 1.11. The lowest BCUT2D eigenvalue weighted by atomic mass is 10.1. The molecular formula is C10H19FO. The van der Waals surface area contributed by atoms with Crippen LogP contribution in [0.15, 0.2) is 12.2 Å². The molecule has 0 N–H and O–H groups in total. The molecule has 0 spiro atoms. The summed E-state index contributed by atoms with van der Waals surface area (Å²) in [6.07, 6.45) is 13.0. The van der Waals surface area contributed by atoms with Crippen LogP contribution in [0.1, 0.15) is 38.5 Å². The molecule has 0 saturated carbocycles. The number of hydrogen-bond donors (Lipinski definition) is 0. The second-order valence-electron chi connectivity index (χ2n) is 2.86. The third-order valence-corrected chi connectivity index (χ3v) is 1.77. The first-order valence-corrected chi connectivity index (χ1v) is 4.61. The summed E-state index contributed by atoms with van der Waals surface area (Å²) >= 11 is 0. The van der Waals surface area contributed by atoms with E-state index in [2.05, 4.69) is 16.9 Å². The standard InChI is InChI=1S/C8H14.C2H5FO/c1-2-4-6-8-7-5-3-1;1-4-2-3/h1-2H,3-8H2;2H2,1H3/i;3-1. The molecule has 0 amide bonds. The molecule has 0 aliphatic heterocycles. The van der Waals surface area contributed by atoms with Crippen molar-refractivity contribution >= 4 is 0 Å². The maximum atomic E-state index is 10.5. The van der Waals surface area contributed by atoms with E-state index in [9.17, 15) is 4.39 Å². The number of rotatable bonds is 1. The quantitative estimate of drug-likeness (QED) is 0.552. The lowest BCUT2D eigenvalue weighted by molar-refractivity contribution is 0.104. The maximum Gasteiger partial charge on any atom is 0.187 e. The predicted molar refractivity (Wildman–Crippen MR) is 49.8 cm³/mol. The van der Waals surface area contributed by atoms with Crippen molar-refractivity contribution in [1.29, 1.82) is 0 Å². The predicted octanol–water partition coefficient (Wildman–Crippen LogP) is 3.46. The van der Waals surface area contributed by atoms with E-state index in [1.54, 1.807) is 0 Å². The molecule has 0 fully saturated rings. The third-order valence-electron chi connectivity index (χ3n) is 1.77. The van der Waals surface area contributed by atoms with Gasteiger partial charge in [0, 0.05) is 7.11 Å². The number of ether oxygens (including phenoxy) is 1. The zero-order chi connectivity index (χ0) is 9.07. The molecule has 1 nitrogen and oxygen atoms in total. The van der Waals surface area contributed by atoms with E-state index in [4.69, 9.17) is 0 Å². The molecule has 1 rings (SSSR count). The van der Waals surface area contributed by atoms with Crippen LogP contribution in [0.3, 0.4) is 0 Å². The molecule has 0 aromatic rings. The maximum absolute atomic E-state index is 10.5. The Hall–Kier alpha value is -0.370. The van der Waals surface area contributed by atoms with Gasteiger partial charge in [-0.05, 0) is 25.7 Å². The van der Waals surface area contributed by atoms with Crippen molar-refractivity contribution < 1.29 is 9.13 Å². The Morgan fingerprint density at radius 3 is 1.83 bits per heavy atom. The summed E-state index contributed by atoms with van der Waals surface area (Å²) in [7, 11) is 1.31. The van der Waals surface area contributed by atoms with E-state index in [0.29, 0.717) is 0 Å². The van der Waals surface area contributed by atoms with Gasteiger partial charge in [-0.25, -0.2) is 4.39 Å². The van der Waals surface area contributed by atoms with Gasteiger partial charge in [-0.2, -0.15) is 0 Å². The zero-order valence-corrected chi connectivity index (χ0v) is 7.89. The Morgan fingerprint density at radius 1 is 1.08 bits per heavy atom. The number of halogens is 1. The Morgan fingerprint density at radius 2 is 1.50 bits per heavy atom. The van der Waals surface area contributed by atoms with Crippen LogP contribution in [0, 0.1) is 0 Å². The van der Waals surface area contributed by atoms with Crippen LogP contribution in [-0.2, 0) is 4.74 Å². The number of methoxy groups -OCH3 is 1. The van der Waals surface area contributed by atoms with Crippen LogP contribution in [0.4, 0.5) is 4.39 Å². The number of alkyl halides is 1. The van der Waals surface area contributed by atoms with Gasteiger partial charge in [0.2, 0.25) is 0 Å². The Balaban J connectivity index is 0.000000261. The molecule has 0 radical (unpaired) electrons. The van der Waals surface area contributed by atoms with Gasteiger partial charge in [-0.1, -0.05) is 25.0 Å². The summed E-state index contributed by atoms with van der Waals surface area (Å²) < 4.78 is 14.4. The molecule has 0 aromatic carbocycles. The van der Waals surface area contributed by atoms with Crippen molar-refractivity contribution in [2.45, 2.75) is 38.5 Å². The van der Waals surface area contributed by atoms with Crippen molar-refractivity contribution in [1.82, 2.24) is 0 Å². The second kappa shape index (κ2) is 10.6. The Kier molecular flexibility index (Phi) is 10.3. The van der Waals surface area contributed by atoms with Crippen LogP contribution in [-0.4, -0.2) is 14.0 Å². The fraction of sp³-hybridized carbons (Fsp3) is 0.800. The van der Waals surface area contributed by atoms with Gasteiger partial charge in [0.05, 0.1) is 0 Å². The van der Waals surface area contributed by atoms with Gasteiger partial charge in [-0.3, -0.25) is 0 Å². The van der Waals surface area contributed by atoms with Gasteiger partial charge in [0.15, 0.2) is 6.86 Å². The van der Waals surface area contributed by atoms with E-state index in [-0.39, 0.29) is 0 Å². The molecule has 0 bridgehead atoms. The highest BCUT2D eigenvalue weighted by atomic mass is 18.2. The van der Waals surface area contributed by atoms with E-state index < -0.39 is 6.86 Å². The van der Waals surface area contributed by atoms with Crippen molar-refractivity contribution in [3.8, 4) is 0 Å². The number of hydrogen-bond acceptors (Lipinski definition) is 1. The fourth-order valence-electron chi connectivity index (χ4n) is 1.11. The minimum absolute atomic E-state index is 0.681. The lowest BCUT2D eigenvalue weighted by Crippen LogP contribution is -1.80. The van der Waals surface area contributed by atoms with Crippen molar-refractivity contribution in [2.75, 3.05) is 14.0 Å². The minimum Gasteiger partial charge on any atom is -0.354 e. The molecule has 0 unspecified atom stereocenters. The summed E-state index contributed by atoms with van der Waals surface area (Å²) in [5, 5.41) is 0. The van der Waals surface area contributed by atoms with Crippen molar-refractivity contribution in [3.63, 3.8) is 0 Å². The molecule has 1 aliphatic carbocycles. The third kappa shape index (κ3) is 9.63. The van der Waals surface area contributed by atoms with Gasteiger partial charge >= 0.3 is 0 Å². The summed E-state index contributed by atoms with van der Waals surface area (Å²) in [6.45, 7) is -0.681. The highest BCUT2D eigenvalue weighted by Gasteiger charge is 1.89. The van der Waals surface area contributed by atoms with Gasteiger partial charge in [0.1, 0.15) is 0 Å². The SMILES string of the molecule is C1=CCCCCCC1.COC[18F]. The highest BCUT2D eigenvalue weighted by Crippen LogP contribution is 2.09. The van der Waals surface area contributed by atoms with Crippen molar-refractivity contribution in [3.05, 3.63) is 12.2 Å².